The Morgan fingerprint density at radius 1 is 1.50 bits per heavy atom. The summed E-state index contributed by atoms with van der Waals surface area (Å²) in [6.07, 6.45) is 0.733. The van der Waals surface area contributed by atoms with Gasteiger partial charge >= 0.3 is 5.97 Å². The number of carboxylic acid groups (broad SMARTS) is 1. The fourth-order valence-electron chi connectivity index (χ4n) is 0.902. The molecule has 0 bridgehead atoms. The van der Waals surface area contributed by atoms with E-state index in [2.05, 4.69) is 5.32 Å². The normalized spacial score (nSPS) is 14.9. The maximum Gasteiger partial charge on any atom is 0.326 e. The fraction of sp³-hybridized carbons (Fsp3) is 0.750. The van der Waals surface area contributed by atoms with Crippen LogP contribution in [0.15, 0.2) is 0 Å². The van der Waals surface area contributed by atoms with Gasteiger partial charge in [-0.2, -0.15) is 0 Å². The molecular weight excluding hydrogens is 158 g/mol. The molecule has 0 heterocycles. The zero-order valence-electron chi connectivity index (χ0n) is 7.63. The van der Waals surface area contributed by atoms with Crippen LogP contribution in [0.2, 0.25) is 0 Å². The van der Waals surface area contributed by atoms with Crippen LogP contribution >= 0.6 is 0 Å². The monoisotopic (exact) mass is 173 g/mol. The van der Waals surface area contributed by atoms with E-state index >= 15 is 0 Å². The minimum atomic E-state index is -0.973. The van der Waals surface area contributed by atoms with Crippen molar-refractivity contribution < 1.29 is 14.7 Å². The maximum atomic E-state index is 10.6. The first kappa shape index (κ1) is 10.9. The van der Waals surface area contributed by atoms with Gasteiger partial charge in [-0.1, -0.05) is 20.3 Å². The van der Waals surface area contributed by atoms with E-state index in [9.17, 15) is 9.59 Å². The van der Waals surface area contributed by atoms with Crippen LogP contribution in [0.25, 0.3) is 0 Å². The third-order valence-corrected chi connectivity index (χ3v) is 1.84. The standard InChI is InChI=1S/C8H15NO3/c1-4-5(2)7(8(11)12)9-6(3)10/h5,7H,4H2,1-3H3,(H,9,10)(H,11,12)/t5-,7-/m1/s1. The van der Waals surface area contributed by atoms with Gasteiger partial charge in [0.05, 0.1) is 0 Å². The lowest BCUT2D eigenvalue weighted by Crippen LogP contribution is -2.43. The summed E-state index contributed by atoms with van der Waals surface area (Å²) in [6.45, 7) is 5.01. The summed E-state index contributed by atoms with van der Waals surface area (Å²) in [4.78, 5) is 21.2. The number of aliphatic carboxylic acids is 1. The van der Waals surface area contributed by atoms with E-state index in [-0.39, 0.29) is 11.8 Å². The van der Waals surface area contributed by atoms with Crippen molar-refractivity contribution in [2.24, 2.45) is 5.92 Å². The Morgan fingerprint density at radius 2 is 2.00 bits per heavy atom. The molecule has 0 aromatic carbocycles. The van der Waals surface area contributed by atoms with E-state index in [4.69, 9.17) is 5.11 Å². The highest BCUT2D eigenvalue weighted by molar-refractivity contribution is 5.82. The number of rotatable bonds is 4. The Kier molecular flexibility index (Phi) is 4.33. The highest BCUT2D eigenvalue weighted by Crippen LogP contribution is 2.07. The van der Waals surface area contributed by atoms with Crippen molar-refractivity contribution >= 4 is 11.9 Å². The van der Waals surface area contributed by atoms with Gasteiger partial charge in [0.1, 0.15) is 6.04 Å². The molecule has 12 heavy (non-hydrogen) atoms. The molecule has 0 spiro atoms. The molecule has 0 aromatic heterocycles. The Morgan fingerprint density at radius 3 is 2.25 bits per heavy atom. The molecule has 0 radical (unpaired) electrons. The van der Waals surface area contributed by atoms with Crippen molar-refractivity contribution in [2.75, 3.05) is 0 Å². The summed E-state index contributed by atoms with van der Waals surface area (Å²) in [5.74, 6) is -1.31. The molecule has 0 saturated carbocycles. The van der Waals surface area contributed by atoms with Crippen molar-refractivity contribution in [3.8, 4) is 0 Å². The zero-order chi connectivity index (χ0) is 9.72. The first-order valence-electron chi connectivity index (χ1n) is 3.99. The van der Waals surface area contributed by atoms with Crippen LogP contribution in [0.3, 0.4) is 0 Å². The Balaban J connectivity index is 4.22. The lowest BCUT2D eigenvalue weighted by molar-refractivity contribution is -0.143. The predicted molar refractivity (Wildman–Crippen MR) is 44.7 cm³/mol. The molecule has 0 aliphatic carbocycles. The predicted octanol–water partition coefficient (Wildman–Crippen LogP) is 0.622. The SMILES string of the molecule is CC[C@@H](C)[C@@H](NC(C)=O)C(=O)O. The summed E-state index contributed by atoms with van der Waals surface area (Å²) < 4.78 is 0. The Bertz CT molecular complexity index is 179. The second-order valence-corrected chi connectivity index (χ2v) is 2.90. The molecule has 0 saturated heterocycles. The number of amides is 1. The van der Waals surface area contributed by atoms with E-state index in [0.29, 0.717) is 0 Å². The van der Waals surface area contributed by atoms with Gasteiger partial charge in [0, 0.05) is 6.92 Å². The van der Waals surface area contributed by atoms with Crippen molar-refractivity contribution in [1.29, 1.82) is 0 Å². The van der Waals surface area contributed by atoms with Crippen LogP contribution in [0.1, 0.15) is 27.2 Å². The first-order valence-corrected chi connectivity index (χ1v) is 3.99. The van der Waals surface area contributed by atoms with Gasteiger partial charge in [-0.3, -0.25) is 4.79 Å². The number of carbonyl (C=O) groups is 2. The molecule has 4 heteroatoms. The second kappa shape index (κ2) is 4.74. The van der Waals surface area contributed by atoms with E-state index in [1.807, 2.05) is 6.92 Å². The molecule has 2 atom stereocenters. The number of nitrogens with one attached hydrogen (secondary N) is 1. The molecule has 0 aromatic rings. The molecule has 4 nitrogen and oxygen atoms in total. The van der Waals surface area contributed by atoms with Crippen LogP contribution in [0.5, 0.6) is 0 Å². The molecule has 0 aliphatic rings. The summed E-state index contributed by atoms with van der Waals surface area (Å²) in [6, 6.07) is -0.757. The quantitative estimate of drug-likeness (QED) is 0.655. The summed E-state index contributed by atoms with van der Waals surface area (Å²) in [5, 5.41) is 11.1. The average Bonchev–Trinajstić information content (AvgIpc) is 1.98. The molecule has 0 rings (SSSR count). The van der Waals surface area contributed by atoms with Crippen LogP contribution in [0.4, 0.5) is 0 Å². The molecule has 2 N–H and O–H groups in total. The number of carboxylic acids is 1. The minimum Gasteiger partial charge on any atom is -0.480 e. The van der Waals surface area contributed by atoms with Gasteiger partial charge in [-0.25, -0.2) is 4.79 Å². The highest BCUT2D eigenvalue weighted by atomic mass is 16.4. The van der Waals surface area contributed by atoms with Gasteiger partial charge in [0.15, 0.2) is 0 Å². The molecular formula is C8H15NO3. The zero-order valence-corrected chi connectivity index (χ0v) is 7.63. The molecule has 1 amide bonds. The molecule has 0 aliphatic heterocycles. The Hall–Kier alpha value is -1.06. The van der Waals surface area contributed by atoms with Crippen molar-refractivity contribution in [1.82, 2.24) is 5.32 Å². The Labute approximate surface area is 72.0 Å². The van der Waals surface area contributed by atoms with Crippen LogP contribution in [-0.2, 0) is 9.59 Å². The molecule has 0 fully saturated rings. The van der Waals surface area contributed by atoms with Gasteiger partial charge < -0.3 is 10.4 Å². The minimum absolute atomic E-state index is 0.0357. The third-order valence-electron chi connectivity index (χ3n) is 1.84. The van der Waals surface area contributed by atoms with E-state index in [1.165, 1.54) is 6.92 Å². The van der Waals surface area contributed by atoms with Gasteiger partial charge in [0.25, 0.3) is 0 Å². The average molecular weight is 173 g/mol. The highest BCUT2D eigenvalue weighted by Gasteiger charge is 2.23. The van der Waals surface area contributed by atoms with Crippen LogP contribution in [0, 0.1) is 5.92 Å². The largest absolute Gasteiger partial charge is 0.480 e. The number of carbonyl (C=O) groups excluding carboxylic acids is 1. The lowest BCUT2D eigenvalue weighted by Gasteiger charge is -2.18. The topological polar surface area (TPSA) is 66.4 Å². The molecule has 0 unspecified atom stereocenters. The van der Waals surface area contributed by atoms with Gasteiger partial charge in [-0.15, -0.1) is 0 Å². The molecule has 70 valence electrons. The van der Waals surface area contributed by atoms with Crippen LogP contribution in [-0.4, -0.2) is 23.0 Å². The van der Waals surface area contributed by atoms with Crippen molar-refractivity contribution in [3.63, 3.8) is 0 Å². The maximum absolute atomic E-state index is 10.6. The van der Waals surface area contributed by atoms with E-state index < -0.39 is 12.0 Å². The summed E-state index contributed by atoms with van der Waals surface area (Å²) >= 11 is 0. The van der Waals surface area contributed by atoms with Crippen molar-refractivity contribution in [3.05, 3.63) is 0 Å². The lowest BCUT2D eigenvalue weighted by atomic mass is 9.99. The van der Waals surface area contributed by atoms with Crippen LogP contribution < -0.4 is 5.32 Å². The van der Waals surface area contributed by atoms with E-state index in [1.54, 1.807) is 6.92 Å². The summed E-state index contributed by atoms with van der Waals surface area (Å²) in [5.41, 5.74) is 0. The second-order valence-electron chi connectivity index (χ2n) is 2.90. The van der Waals surface area contributed by atoms with Gasteiger partial charge in [0.2, 0.25) is 5.91 Å². The first-order chi connectivity index (χ1) is 5.49. The number of hydrogen-bond acceptors (Lipinski definition) is 2. The number of hydrogen-bond donors (Lipinski definition) is 2. The fourth-order valence-corrected chi connectivity index (χ4v) is 0.902. The van der Waals surface area contributed by atoms with Gasteiger partial charge in [-0.05, 0) is 5.92 Å². The van der Waals surface area contributed by atoms with E-state index in [0.717, 1.165) is 6.42 Å². The smallest absolute Gasteiger partial charge is 0.326 e. The summed E-state index contributed by atoms with van der Waals surface area (Å²) in [7, 11) is 0. The third kappa shape index (κ3) is 3.37. The van der Waals surface area contributed by atoms with Crippen molar-refractivity contribution in [2.45, 2.75) is 33.2 Å².